The molecule has 6 nitrogen and oxygen atoms in total. The van der Waals surface area contributed by atoms with Crippen LogP contribution in [0.1, 0.15) is 97.6 Å². The van der Waals surface area contributed by atoms with E-state index in [1.165, 1.54) is 25.7 Å². The molecule has 5 N–H and O–H groups in total. The van der Waals surface area contributed by atoms with E-state index >= 15 is 0 Å². The molecule has 0 aromatic heterocycles. The first-order valence-electron chi connectivity index (χ1n) is 12.9. The number of hydrogen-bond donors (Lipinski definition) is 4. The summed E-state index contributed by atoms with van der Waals surface area (Å²) in [6.45, 7) is 12.8. The van der Waals surface area contributed by atoms with Crippen molar-refractivity contribution in [2.24, 2.45) is 0 Å². The van der Waals surface area contributed by atoms with Gasteiger partial charge in [0.05, 0.1) is 23.7 Å². The van der Waals surface area contributed by atoms with Gasteiger partial charge in [-0.25, -0.2) is 0 Å². The van der Waals surface area contributed by atoms with E-state index in [0.29, 0.717) is 25.1 Å². The molecule has 1 aliphatic rings. The Balaban J connectivity index is 0.000000961. The predicted octanol–water partition coefficient (Wildman–Crippen LogP) is 7.29. The normalized spacial score (nSPS) is 12.4. The number of allylic oxidation sites excluding steroid dienone is 4. The lowest BCUT2D eigenvalue weighted by Crippen LogP contribution is -2.13. The van der Waals surface area contributed by atoms with Gasteiger partial charge in [-0.1, -0.05) is 91.9 Å². The van der Waals surface area contributed by atoms with Gasteiger partial charge in [-0.05, 0) is 42.0 Å². The summed E-state index contributed by atoms with van der Waals surface area (Å²) in [5, 5.41) is 24.2. The number of nitrogen functional groups attached to an aromatic ring is 1. The Morgan fingerprint density at radius 2 is 1.51 bits per heavy atom. The molecule has 0 amide bonds. The maximum atomic E-state index is 11.9. The third-order valence-electron chi connectivity index (χ3n) is 5.31. The Morgan fingerprint density at radius 3 is 2.03 bits per heavy atom. The number of unbranched alkanes of at least 4 members (excludes halogenated alkanes) is 5. The van der Waals surface area contributed by atoms with Gasteiger partial charge in [-0.15, -0.1) is 0 Å². The first-order chi connectivity index (χ1) is 16.6. The number of phenols is 1. The number of carbonyl (C=O) groups excluding carboxylic acids is 1. The summed E-state index contributed by atoms with van der Waals surface area (Å²) in [6.07, 6.45) is 14.7. The summed E-state index contributed by atoms with van der Waals surface area (Å²) in [5.41, 5.74) is 8.40. The summed E-state index contributed by atoms with van der Waals surface area (Å²) >= 11 is 0. The van der Waals surface area contributed by atoms with E-state index in [-0.39, 0.29) is 28.6 Å². The van der Waals surface area contributed by atoms with Gasteiger partial charge >= 0.3 is 5.97 Å². The molecule has 1 aromatic rings. The fourth-order valence-corrected chi connectivity index (χ4v) is 3.31. The van der Waals surface area contributed by atoms with Crippen LogP contribution in [0.2, 0.25) is 0 Å². The number of anilines is 1. The maximum Gasteiger partial charge on any atom is 0.306 e. The summed E-state index contributed by atoms with van der Waals surface area (Å²) in [6, 6.07) is 3.68. The number of benzene rings is 1. The standard InChI is InChI=1S/C21H35NO3.C6H6N2.C2H6/c1-5-6-7-8-9-10-13-25-19(23)12-11-16-14-17(21(2,3)4)20(24)18(22)15-16;7-5-3-1-2-4-6(5)8;1-2/h14-15,24H,5-13,22H2,1-4H3;1-4,7-8H;1-2H3. The molecular weight excluding hydrogens is 438 g/mol. The van der Waals surface area contributed by atoms with Gasteiger partial charge in [0.2, 0.25) is 0 Å². The van der Waals surface area contributed by atoms with E-state index in [1.54, 1.807) is 30.4 Å². The molecule has 0 aliphatic heterocycles. The molecule has 0 fully saturated rings. The van der Waals surface area contributed by atoms with Crippen molar-refractivity contribution in [1.29, 1.82) is 10.8 Å². The molecule has 1 aliphatic carbocycles. The minimum atomic E-state index is -0.202. The monoisotopic (exact) mass is 485 g/mol. The summed E-state index contributed by atoms with van der Waals surface area (Å²) in [5.74, 6) is -0.0283. The molecule has 0 unspecified atom stereocenters. The number of ether oxygens (including phenoxy) is 1. The van der Waals surface area contributed by atoms with Crippen molar-refractivity contribution in [2.75, 3.05) is 12.3 Å². The molecule has 0 atom stereocenters. The van der Waals surface area contributed by atoms with E-state index in [0.717, 1.165) is 24.0 Å². The van der Waals surface area contributed by atoms with Gasteiger partial charge in [0.15, 0.2) is 0 Å². The Hall–Kier alpha value is -2.89. The van der Waals surface area contributed by atoms with Crippen LogP contribution in [0.5, 0.6) is 5.75 Å². The van der Waals surface area contributed by atoms with Gasteiger partial charge in [-0.3, -0.25) is 15.6 Å². The van der Waals surface area contributed by atoms with Crippen molar-refractivity contribution in [3.63, 3.8) is 0 Å². The van der Waals surface area contributed by atoms with Gasteiger partial charge in [0.25, 0.3) is 0 Å². The number of rotatable bonds is 10. The first-order valence-corrected chi connectivity index (χ1v) is 12.9. The quantitative estimate of drug-likeness (QED) is 0.0914. The number of aryl methyl sites for hydroxylation is 1. The summed E-state index contributed by atoms with van der Waals surface area (Å²) in [4.78, 5) is 11.9. The van der Waals surface area contributed by atoms with Crippen molar-refractivity contribution in [1.82, 2.24) is 0 Å². The van der Waals surface area contributed by atoms with Crippen molar-refractivity contribution in [3.05, 3.63) is 47.6 Å². The summed E-state index contributed by atoms with van der Waals surface area (Å²) in [7, 11) is 0. The molecule has 0 saturated carbocycles. The topological polar surface area (TPSA) is 120 Å². The highest BCUT2D eigenvalue weighted by Crippen LogP contribution is 2.36. The van der Waals surface area contributed by atoms with Crippen LogP contribution in [0.3, 0.4) is 0 Å². The second kappa shape index (κ2) is 17.5. The largest absolute Gasteiger partial charge is 0.505 e. The lowest BCUT2D eigenvalue weighted by atomic mass is 9.84. The van der Waals surface area contributed by atoms with Crippen LogP contribution < -0.4 is 5.73 Å². The second-order valence-electron chi connectivity index (χ2n) is 9.37. The van der Waals surface area contributed by atoms with Crippen molar-refractivity contribution in [3.8, 4) is 5.75 Å². The van der Waals surface area contributed by atoms with Crippen molar-refractivity contribution < 1.29 is 14.6 Å². The Bertz CT molecular complexity index is 843. The summed E-state index contributed by atoms with van der Waals surface area (Å²) < 4.78 is 5.30. The van der Waals surface area contributed by atoms with Gasteiger partial charge < -0.3 is 15.6 Å². The van der Waals surface area contributed by atoms with Crippen LogP contribution in [0.25, 0.3) is 0 Å². The number of aromatic hydroxyl groups is 1. The number of nitrogens with one attached hydrogen (secondary N) is 2. The van der Waals surface area contributed by atoms with Crippen molar-refractivity contribution in [2.45, 2.75) is 98.3 Å². The van der Waals surface area contributed by atoms with E-state index in [2.05, 4.69) is 6.92 Å². The van der Waals surface area contributed by atoms with Gasteiger partial charge in [-0.2, -0.15) is 0 Å². The Kier molecular flexibility index (Phi) is 16.1. The third kappa shape index (κ3) is 13.5. The highest BCUT2D eigenvalue weighted by Gasteiger charge is 2.20. The van der Waals surface area contributed by atoms with Crippen LogP contribution >= 0.6 is 0 Å². The fraction of sp³-hybridized carbons (Fsp3) is 0.552. The SMILES string of the molecule is CC.CCCCCCCCOC(=O)CCc1cc(N)c(O)c(C(C)(C)C)c1.N=C1C=CC=CC1=N. The van der Waals surface area contributed by atoms with Gasteiger partial charge in [0, 0.05) is 12.0 Å². The zero-order valence-corrected chi connectivity index (χ0v) is 22.7. The van der Waals surface area contributed by atoms with E-state index in [4.69, 9.17) is 21.3 Å². The molecule has 1 aromatic carbocycles. The molecule has 35 heavy (non-hydrogen) atoms. The maximum absolute atomic E-state index is 11.9. The Morgan fingerprint density at radius 1 is 0.971 bits per heavy atom. The predicted molar refractivity (Wildman–Crippen MR) is 149 cm³/mol. The fourth-order valence-electron chi connectivity index (χ4n) is 3.31. The average Bonchev–Trinajstić information content (AvgIpc) is 2.82. The number of carbonyl (C=O) groups is 1. The third-order valence-corrected chi connectivity index (χ3v) is 5.31. The van der Waals surface area contributed by atoms with Crippen LogP contribution in [0.15, 0.2) is 36.4 Å². The van der Waals surface area contributed by atoms with Gasteiger partial charge in [0.1, 0.15) is 5.75 Å². The highest BCUT2D eigenvalue weighted by atomic mass is 16.5. The first kappa shape index (κ1) is 32.1. The number of phenolic OH excluding ortho intramolecular Hbond substituents is 1. The zero-order valence-electron chi connectivity index (χ0n) is 22.7. The van der Waals surface area contributed by atoms with E-state index in [9.17, 15) is 9.90 Å². The number of nitrogens with two attached hydrogens (primary N) is 1. The van der Waals surface area contributed by atoms with E-state index < -0.39 is 0 Å². The van der Waals surface area contributed by atoms with Crippen LogP contribution in [0, 0.1) is 10.8 Å². The minimum Gasteiger partial charge on any atom is -0.505 e. The smallest absolute Gasteiger partial charge is 0.306 e. The molecule has 0 radical (unpaired) electrons. The molecule has 0 heterocycles. The second-order valence-corrected chi connectivity index (χ2v) is 9.37. The molecule has 0 bridgehead atoms. The molecular formula is C29H47N3O3. The average molecular weight is 486 g/mol. The number of hydrogen-bond acceptors (Lipinski definition) is 6. The van der Waals surface area contributed by atoms with Crippen LogP contribution in [-0.2, 0) is 21.4 Å². The lowest BCUT2D eigenvalue weighted by Gasteiger charge is -2.22. The highest BCUT2D eigenvalue weighted by molar-refractivity contribution is 6.48. The molecule has 0 saturated heterocycles. The Labute approximate surface area is 212 Å². The lowest BCUT2D eigenvalue weighted by molar-refractivity contribution is -0.143. The van der Waals surface area contributed by atoms with Crippen LogP contribution in [0.4, 0.5) is 5.69 Å². The molecule has 2 rings (SSSR count). The van der Waals surface area contributed by atoms with Crippen molar-refractivity contribution >= 4 is 23.1 Å². The number of esters is 1. The molecule has 0 spiro atoms. The molecule has 196 valence electrons. The minimum absolute atomic E-state index is 0.141. The zero-order chi connectivity index (χ0) is 26.9. The molecule has 6 heteroatoms. The van der Waals surface area contributed by atoms with Crippen LogP contribution in [-0.4, -0.2) is 29.1 Å². The van der Waals surface area contributed by atoms with E-state index in [1.807, 2.05) is 40.7 Å².